The standard InChI is InChI=1S/C12H21N3/c1-3-13-12(7-10-5-6-10)11-8-14-15(4-2)9-11/h8-10,12-13H,3-7H2,1-2H3. The Labute approximate surface area is 91.9 Å². The maximum atomic E-state index is 4.34. The molecule has 0 spiro atoms. The van der Waals surface area contributed by atoms with Crippen LogP contribution in [0.15, 0.2) is 12.4 Å². The van der Waals surface area contributed by atoms with E-state index in [4.69, 9.17) is 0 Å². The Morgan fingerprint density at radius 2 is 2.33 bits per heavy atom. The van der Waals surface area contributed by atoms with Crippen molar-refractivity contribution in [1.29, 1.82) is 0 Å². The smallest absolute Gasteiger partial charge is 0.0537 e. The molecule has 0 aromatic carbocycles. The largest absolute Gasteiger partial charge is 0.310 e. The summed E-state index contributed by atoms with van der Waals surface area (Å²) in [4.78, 5) is 0. The molecule has 3 nitrogen and oxygen atoms in total. The number of aryl methyl sites for hydroxylation is 1. The second-order valence-corrected chi connectivity index (χ2v) is 4.42. The van der Waals surface area contributed by atoms with Gasteiger partial charge in [-0.15, -0.1) is 0 Å². The second kappa shape index (κ2) is 4.79. The summed E-state index contributed by atoms with van der Waals surface area (Å²) in [6.07, 6.45) is 8.31. The fraction of sp³-hybridized carbons (Fsp3) is 0.750. The van der Waals surface area contributed by atoms with Crippen LogP contribution in [0.2, 0.25) is 0 Å². The lowest BCUT2D eigenvalue weighted by molar-refractivity contribution is 0.486. The van der Waals surface area contributed by atoms with Gasteiger partial charge in [0, 0.05) is 24.3 Å². The molecule has 84 valence electrons. The fourth-order valence-corrected chi connectivity index (χ4v) is 2.00. The molecule has 1 aliphatic carbocycles. The van der Waals surface area contributed by atoms with E-state index in [0.717, 1.165) is 19.0 Å². The molecular formula is C12H21N3. The molecule has 1 saturated carbocycles. The molecule has 1 aliphatic rings. The van der Waals surface area contributed by atoms with Crippen molar-refractivity contribution in [2.24, 2.45) is 5.92 Å². The second-order valence-electron chi connectivity index (χ2n) is 4.42. The van der Waals surface area contributed by atoms with Crippen LogP contribution >= 0.6 is 0 Å². The Morgan fingerprint density at radius 1 is 1.53 bits per heavy atom. The Morgan fingerprint density at radius 3 is 2.87 bits per heavy atom. The molecule has 0 saturated heterocycles. The van der Waals surface area contributed by atoms with Gasteiger partial charge in [-0.3, -0.25) is 4.68 Å². The summed E-state index contributed by atoms with van der Waals surface area (Å²) in [5.74, 6) is 0.957. The zero-order valence-corrected chi connectivity index (χ0v) is 9.74. The Bertz CT molecular complexity index is 302. The predicted octanol–water partition coefficient (Wildman–Crippen LogP) is 2.35. The van der Waals surface area contributed by atoms with Crippen molar-refractivity contribution in [3.8, 4) is 0 Å². The van der Waals surface area contributed by atoms with Gasteiger partial charge in [0.05, 0.1) is 6.20 Å². The normalized spacial score (nSPS) is 18.0. The van der Waals surface area contributed by atoms with Crippen LogP contribution in [0.4, 0.5) is 0 Å². The quantitative estimate of drug-likeness (QED) is 0.776. The number of rotatable bonds is 6. The summed E-state index contributed by atoms with van der Waals surface area (Å²) in [5.41, 5.74) is 1.35. The first-order chi connectivity index (χ1) is 7.33. The maximum absolute atomic E-state index is 4.34. The van der Waals surface area contributed by atoms with Gasteiger partial charge in [0.15, 0.2) is 0 Å². The minimum Gasteiger partial charge on any atom is -0.310 e. The van der Waals surface area contributed by atoms with Crippen molar-refractivity contribution in [2.75, 3.05) is 6.54 Å². The molecule has 15 heavy (non-hydrogen) atoms. The summed E-state index contributed by atoms with van der Waals surface area (Å²) < 4.78 is 2.01. The fourth-order valence-electron chi connectivity index (χ4n) is 2.00. The molecule has 1 unspecified atom stereocenters. The molecule has 1 fully saturated rings. The Balaban J connectivity index is 2.00. The van der Waals surface area contributed by atoms with Crippen molar-refractivity contribution >= 4 is 0 Å². The third-order valence-corrected chi connectivity index (χ3v) is 3.10. The molecule has 0 amide bonds. The van der Waals surface area contributed by atoms with Gasteiger partial charge in [0.25, 0.3) is 0 Å². The molecule has 1 aromatic heterocycles. The van der Waals surface area contributed by atoms with Gasteiger partial charge in [-0.1, -0.05) is 19.8 Å². The zero-order valence-electron chi connectivity index (χ0n) is 9.74. The summed E-state index contributed by atoms with van der Waals surface area (Å²) in [5, 5.41) is 7.90. The van der Waals surface area contributed by atoms with E-state index in [0.29, 0.717) is 6.04 Å². The third kappa shape index (κ3) is 2.81. The van der Waals surface area contributed by atoms with Crippen LogP contribution < -0.4 is 5.32 Å². The minimum absolute atomic E-state index is 0.516. The SMILES string of the molecule is CCNC(CC1CC1)c1cnn(CC)c1. The summed E-state index contributed by atoms with van der Waals surface area (Å²) >= 11 is 0. The predicted molar refractivity (Wildman–Crippen MR) is 61.7 cm³/mol. The molecule has 0 aliphatic heterocycles. The Kier molecular flexibility index (Phi) is 3.41. The Hall–Kier alpha value is -0.830. The molecule has 1 atom stereocenters. The van der Waals surface area contributed by atoms with E-state index in [2.05, 4.69) is 30.5 Å². The van der Waals surface area contributed by atoms with Gasteiger partial charge < -0.3 is 5.32 Å². The molecular weight excluding hydrogens is 186 g/mol. The summed E-state index contributed by atoms with van der Waals surface area (Å²) in [6, 6.07) is 0.516. The highest BCUT2D eigenvalue weighted by Crippen LogP contribution is 2.37. The van der Waals surface area contributed by atoms with Crippen molar-refractivity contribution < 1.29 is 0 Å². The topological polar surface area (TPSA) is 29.9 Å². The van der Waals surface area contributed by atoms with Crippen molar-refractivity contribution in [3.63, 3.8) is 0 Å². The van der Waals surface area contributed by atoms with E-state index in [9.17, 15) is 0 Å². The van der Waals surface area contributed by atoms with Crippen LogP contribution in [0.3, 0.4) is 0 Å². The molecule has 1 heterocycles. The molecule has 3 heteroatoms. The monoisotopic (exact) mass is 207 g/mol. The van der Waals surface area contributed by atoms with Gasteiger partial charge in [0.1, 0.15) is 0 Å². The highest BCUT2D eigenvalue weighted by molar-refractivity contribution is 5.11. The highest BCUT2D eigenvalue weighted by Gasteiger charge is 2.26. The van der Waals surface area contributed by atoms with Crippen LogP contribution in [-0.4, -0.2) is 16.3 Å². The number of nitrogens with zero attached hydrogens (tertiary/aromatic N) is 2. The first-order valence-corrected chi connectivity index (χ1v) is 6.09. The van der Waals surface area contributed by atoms with Crippen molar-refractivity contribution in [3.05, 3.63) is 18.0 Å². The van der Waals surface area contributed by atoms with Gasteiger partial charge in [-0.2, -0.15) is 5.10 Å². The highest BCUT2D eigenvalue weighted by atomic mass is 15.3. The first-order valence-electron chi connectivity index (χ1n) is 6.09. The number of hydrogen-bond donors (Lipinski definition) is 1. The van der Waals surface area contributed by atoms with Gasteiger partial charge >= 0.3 is 0 Å². The summed E-state index contributed by atoms with van der Waals surface area (Å²) in [7, 11) is 0. The van der Waals surface area contributed by atoms with Crippen molar-refractivity contribution in [1.82, 2.24) is 15.1 Å². The van der Waals surface area contributed by atoms with Crippen molar-refractivity contribution in [2.45, 2.75) is 45.7 Å². The van der Waals surface area contributed by atoms with E-state index in [1.807, 2.05) is 10.9 Å². The van der Waals surface area contributed by atoms with Gasteiger partial charge in [-0.25, -0.2) is 0 Å². The molecule has 2 rings (SSSR count). The molecule has 1 N–H and O–H groups in total. The average molecular weight is 207 g/mol. The van der Waals surface area contributed by atoms with E-state index < -0.39 is 0 Å². The van der Waals surface area contributed by atoms with Gasteiger partial charge in [-0.05, 0) is 25.8 Å². The summed E-state index contributed by atoms with van der Waals surface area (Å²) in [6.45, 7) is 6.29. The van der Waals surface area contributed by atoms with E-state index >= 15 is 0 Å². The average Bonchev–Trinajstić information content (AvgIpc) is 2.94. The molecule has 0 bridgehead atoms. The third-order valence-electron chi connectivity index (χ3n) is 3.10. The van der Waals surface area contributed by atoms with Crippen LogP contribution in [-0.2, 0) is 6.54 Å². The van der Waals surface area contributed by atoms with E-state index in [1.165, 1.54) is 24.8 Å². The number of hydrogen-bond acceptors (Lipinski definition) is 2. The van der Waals surface area contributed by atoms with E-state index in [1.54, 1.807) is 0 Å². The van der Waals surface area contributed by atoms with Gasteiger partial charge in [0.2, 0.25) is 0 Å². The molecule has 1 aromatic rings. The van der Waals surface area contributed by atoms with Crippen LogP contribution in [0, 0.1) is 5.92 Å². The number of nitrogens with one attached hydrogen (secondary N) is 1. The molecule has 0 radical (unpaired) electrons. The lowest BCUT2D eigenvalue weighted by Crippen LogP contribution is -2.21. The lowest BCUT2D eigenvalue weighted by atomic mass is 10.0. The number of aromatic nitrogens is 2. The van der Waals surface area contributed by atoms with Crippen LogP contribution in [0.5, 0.6) is 0 Å². The first kappa shape index (κ1) is 10.7. The maximum Gasteiger partial charge on any atom is 0.0537 e. The minimum atomic E-state index is 0.516. The zero-order chi connectivity index (χ0) is 10.7. The van der Waals surface area contributed by atoms with E-state index in [-0.39, 0.29) is 0 Å². The lowest BCUT2D eigenvalue weighted by Gasteiger charge is -2.15. The van der Waals surface area contributed by atoms with Crippen LogP contribution in [0.1, 0.15) is 44.7 Å². The van der Waals surface area contributed by atoms with Crippen LogP contribution in [0.25, 0.3) is 0 Å².